The molecule has 1 aliphatic rings. The molecule has 0 bridgehead atoms. The first-order valence-corrected chi connectivity index (χ1v) is 6.51. The van der Waals surface area contributed by atoms with E-state index in [2.05, 4.69) is 16.5 Å². The molecular weight excluding hydrogens is 198 g/mol. The molecule has 90 valence electrons. The number of rotatable bonds is 3. The van der Waals surface area contributed by atoms with E-state index in [4.69, 9.17) is 5.73 Å². The van der Waals surface area contributed by atoms with Crippen LogP contribution in [0.3, 0.4) is 0 Å². The summed E-state index contributed by atoms with van der Waals surface area (Å²) in [5.74, 6) is 0.806. The van der Waals surface area contributed by atoms with Crippen molar-refractivity contribution in [3.63, 3.8) is 0 Å². The van der Waals surface area contributed by atoms with Gasteiger partial charge >= 0.3 is 0 Å². The Kier molecular flexibility index (Phi) is 3.64. The summed E-state index contributed by atoms with van der Waals surface area (Å²) in [6.07, 6.45) is 10.5. The van der Waals surface area contributed by atoms with Gasteiger partial charge in [0.1, 0.15) is 0 Å². The summed E-state index contributed by atoms with van der Waals surface area (Å²) in [6, 6.07) is 0.712. The van der Waals surface area contributed by atoms with Crippen molar-refractivity contribution in [3.05, 3.63) is 18.2 Å². The van der Waals surface area contributed by atoms with Crippen LogP contribution in [0.15, 0.2) is 12.5 Å². The van der Waals surface area contributed by atoms with Crippen LogP contribution in [0, 0.1) is 5.92 Å². The number of hydrogen-bond donors (Lipinski definition) is 1. The molecule has 2 N–H and O–H groups in total. The Hall–Kier alpha value is -0.830. The van der Waals surface area contributed by atoms with Crippen molar-refractivity contribution in [2.75, 3.05) is 0 Å². The van der Waals surface area contributed by atoms with Crippen LogP contribution in [0.2, 0.25) is 0 Å². The van der Waals surface area contributed by atoms with Crippen molar-refractivity contribution in [3.8, 4) is 0 Å². The van der Waals surface area contributed by atoms with Crippen LogP contribution in [-0.4, -0.2) is 9.55 Å². The topological polar surface area (TPSA) is 43.8 Å². The lowest BCUT2D eigenvalue weighted by molar-refractivity contribution is 0.227. The average Bonchev–Trinajstić information content (AvgIpc) is 2.77. The van der Waals surface area contributed by atoms with Gasteiger partial charge in [-0.3, -0.25) is 0 Å². The zero-order valence-corrected chi connectivity index (χ0v) is 10.4. The molecular formula is C13H23N3. The Balaban J connectivity index is 2.23. The molecule has 2 rings (SSSR count). The summed E-state index contributed by atoms with van der Waals surface area (Å²) >= 11 is 0. The maximum Gasteiger partial charge on any atom is 0.0951 e. The minimum absolute atomic E-state index is 0.0851. The largest absolute Gasteiger partial charge is 0.330 e. The molecule has 1 saturated carbocycles. The molecule has 1 aromatic rings. The molecule has 0 aliphatic heterocycles. The fourth-order valence-corrected chi connectivity index (χ4v) is 2.98. The number of imidazole rings is 1. The van der Waals surface area contributed by atoms with E-state index in [1.165, 1.54) is 37.8 Å². The Morgan fingerprint density at radius 3 is 2.94 bits per heavy atom. The highest BCUT2D eigenvalue weighted by atomic mass is 15.1. The zero-order chi connectivity index (χ0) is 11.5. The third-order valence-corrected chi connectivity index (χ3v) is 3.91. The van der Waals surface area contributed by atoms with Gasteiger partial charge in [0, 0.05) is 18.3 Å². The quantitative estimate of drug-likeness (QED) is 0.852. The van der Waals surface area contributed by atoms with Crippen LogP contribution in [0.4, 0.5) is 0 Å². The predicted molar refractivity (Wildman–Crippen MR) is 66.1 cm³/mol. The van der Waals surface area contributed by atoms with Crippen LogP contribution < -0.4 is 5.73 Å². The number of hydrogen-bond acceptors (Lipinski definition) is 2. The van der Waals surface area contributed by atoms with Crippen molar-refractivity contribution in [1.29, 1.82) is 0 Å². The van der Waals surface area contributed by atoms with Gasteiger partial charge in [-0.25, -0.2) is 4.98 Å². The SMILES string of the molecule is CCC1CCCCC1n1cncc1C(C)N. The van der Waals surface area contributed by atoms with Gasteiger partial charge in [0.2, 0.25) is 0 Å². The number of aromatic nitrogens is 2. The molecule has 0 amide bonds. The van der Waals surface area contributed by atoms with E-state index in [9.17, 15) is 0 Å². The van der Waals surface area contributed by atoms with Gasteiger partial charge in [0.25, 0.3) is 0 Å². The lowest BCUT2D eigenvalue weighted by atomic mass is 9.82. The van der Waals surface area contributed by atoms with E-state index < -0.39 is 0 Å². The second-order valence-electron chi connectivity index (χ2n) is 5.03. The van der Waals surface area contributed by atoms with E-state index in [0.29, 0.717) is 6.04 Å². The summed E-state index contributed by atoms with van der Waals surface area (Å²) in [7, 11) is 0. The van der Waals surface area contributed by atoms with Crippen molar-refractivity contribution < 1.29 is 0 Å². The molecule has 0 saturated heterocycles. The second kappa shape index (κ2) is 5.00. The van der Waals surface area contributed by atoms with Crippen LogP contribution in [-0.2, 0) is 0 Å². The Labute approximate surface area is 98.1 Å². The smallest absolute Gasteiger partial charge is 0.0951 e. The lowest BCUT2D eigenvalue weighted by Crippen LogP contribution is -2.25. The van der Waals surface area contributed by atoms with Gasteiger partial charge in [-0.05, 0) is 25.7 Å². The third kappa shape index (κ3) is 2.14. The molecule has 1 aromatic heterocycles. The highest BCUT2D eigenvalue weighted by Gasteiger charge is 2.26. The third-order valence-electron chi connectivity index (χ3n) is 3.91. The lowest BCUT2D eigenvalue weighted by Gasteiger charge is -2.33. The molecule has 1 heterocycles. The van der Waals surface area contributed by atoms with E-state index in [-0.39, 0.29) is 6.04 Å². The molecule has 3 unspecified atom stereocenters. The fraction of sp³-hybridized carbons (Fsp3) is 0.769. The standard InChI is InChI=1S/C13H23N3/c1-3-11-6-4-5-7-12(11)16-9-15-8-13(16)10(2)14/h8-12H,3-7,14H2,1-2H3. The molecule has 0 aromatic carbocycles. The Bertz CT molecular complexity index is 330. The summed E-state index contributed by atoms with van der Waals surface area (Å²) in [5, 5.41) is 0. The first-order valence-electron chi connectivity index (χ1n) is 6.51. The summed E-state index contributed by atoms with van der Waals surface area (Å²) in [6.45, 7) is 4.34. The minimum Gasteiger partial charge on any atom is -0.330 e. The van der Waals surface area contributed by atoms with Crippen molar-refractivity contribution in [1.82, 2.24) is 9.55 Å². The fourth-order valence-electron chi connectivity index (χ4n) is 2.98. The van der Waals surface area contributed by atoms with Gasteiger partial charge in [-0.1, -0.05) is 26.2 Å². The monoisotopic (exact) mass is 221 g/mol. The van der Waals surface area contributed by atoms with Gasteiger partial charge < -0.3 is 10.3 Å². The summed E-state index contributed by atoms with van der Waals surface area (Å²) in [4.78, 5) is 4.27. The molecule has 0 spiro atoms. The van der Waals surface area contributed by atoms with Crippen molar-refractivity contribution in [2.24, 2.45) is 11.7 Å². The zero-order valence-electron chi connectivity index (χ0n) is 10.4. The molecule has 0 radical (unpaired) electrons. The van der Waals surface area contributed by atoms with Crippen molar-refractivity contribution >= 4 is 0 Å². The average molecular weight is 221 g/mol. The van der Waals surface area contributed by atoms with Gasteiger partial charge in [0.05, 0.1) is 12.0 Å². The molecule has 3 atom stereocenters. The summed E-state index contributed by atoms with van der Waals surface area (Å²) < 4.78 is 2.33. The summed E-state index contributed by atoms with van der Waals surface area (Å²) in [5.41, 5.74) is 7.18. The molecule has 3 heteroatoms. The van der Waals surface area contributed by atoms with Gasteiger partial charge in [-0.15, -0.1) is 0 Å². The second-order valence-corrected chi connectivity index (χ2v) is 5.03. The molecule has 3 nitrogen and oxygen atoms in total. The Morgan fingerprint density at radius 2 is 2.25 bits per heavy atom. The molecule has 16 heavy (non-hydrogen) atoms. The van der Waals surface area contributed by atoms with E-state index in [0.717, 1.165) is 5.92 Å². The van der Waals surface area contributed by atoms with E-state index in [1.54, 1.807) is 0 Å². The predicted octanol–water partition coefficient (Wildman–Crippen LogP) is 3.04. The van der Waals surface area contributed by atoms with Crippen molar-refractivity contribution in [2.45, 2.75) is 58.0 Å². The first kappa shape index (κ1) is 11.6. The van der Waals surface area contributed by atoms with Gasteiger partial charge in [0.15, 0.2) is 0 Å². The maximum absolute atomic E-state index is 5.99. The van der Waals surface area contributed by atoms with Crippen LogP contribution in [0.25, 0.3) is 0 Å². The van der Waals surface area contributed by atoms with Crippen LogP contribution in [0.5, 0.6) is 0 Å². The minimum atomic E-state index is 0.0851. The van der Waals surface area contributed by atoms with E-state index >= 15 is 0 Å². The van der Waals surface area contributed by atoms with Gasteiger partial charge in [-0.2, -0.15) is 0 Å². The number of nitrogens with two attached hydrogens (primary N) is 1. The van der Waals surface area contributed by atoms with E-state index in [1.807, 2.05) is 19.4 Å². The first-order chi connectivity index (χ1) is 7.74. The normalized spacial score (nSPS) is 27.9. The Morgan fingerprint density at radius 1 is 1.50 bits per heavy atom. The molecule has 1 aliphatic carbocycles. The highest BCUT2D eigenvalue weighted by Crippen LogP contribution is 2.37. The number of nitrogens with zero attached hydrogens (tertiary/aromatic N) is 2. The maximum atomic E-state index is 5.99. The van der Waals surface area contributed by atoms with Crippen LogP contribution in [0.1, 0.15) is 63.7 Å². The van der Waals surface area contributed by atoms with Crippen LogP contribution >= 0.6 is 0 Å². The highest BCUT2D eigenvalue weighted by molar-refractivity contribution is 5.06. The molecule has 1 fully saturated rings.